The number of hydrogen-bond acceptors (Lipinski definition) is 9. The molecule has 0 aromatic heterocycles. The zero-order valence-electron chi connectivity index (χ0n) is 51.5. The van der Waals surface area contributed by atoms with E-state index in [0.29, 0.717) is 19.0 Å². The van der Waals surface area contributed by atoms with Crippen molar-refractivity contribution in [2.75, 3.05) is 39.6 Å². The van der Waals surface area contributed by atoms with Crippen LogP contribution in [0.5, 0.6) is 34.5 Å². The normalized spacial score (nSPS) is 21.0. The lowest BCUT2D eigenvalue weighted by atomic mass is 9.69. The van der Waals surface area contributed by atoms with Gasteiger partial charge >= 0.3 is 0 Å². The maximum Gasteiger partial charge on any atom is 0.127 e. The average Bonchev–Trinajstić information content (AvgIpc) is 1.56. The highest BCUT2D eigenvalue weighted by molar-refractivity contribution is 5.64. The maximum atomic E-state index is 11.6. The van der Waals surface area contributed by atoms with E-state index in [9.17, 15) is 5.11 Å². The van der Waals surface area contributed by atoms with Gasteiger partial charge in [-0.05, 0) is 180 Å². The number of aliphatic hydroxyl groups excluding tert-OH is 1. The van der Waals surface area contributed by atoms with Gasteiger partial charge in [-0.1, -0.05) is 182 Å². The highest BCUT2D eigenvalue weighted by Gasteiger charge is 2.49. The lowest BCUT2D eigenvalue weighted by Gasteiger charge is -2.34. The predicted octanol–water partition coefficient (Wildman–Crippen LogP) is 17.1. The largest absolute Gasteiger partial charge is 0.491 e. The van der Waals surface area contributed by atoms with Crippen molar-refractivity contribution >= 4 is 0 Å². The molecule has 1 N–H and O–H groups in total. The van der Waals surface area contributed by atoms with Crippen molar-refractivity contribution in [2.24, 2.45) is 0 Å². The Labute approximate surface area is 528 Å². The van der Waals surface area contributed by atoms with Crippen molar-refractivity contribution in [2.45, 2.75) is 92.7 Å². The third-order valence-corrected chi connectivity index (χ3v) is 18.9. The molecule has 7 atom stereocenters. The average molecular weight is 1190 g/mol. The SMILES string of the molecule is CC(C)(OCC(O)COc1ccc(C2(c3ccc(C(C)(C)OCC4CO4)cc3)CC(c3ccccc3)c3cc(Oc4ccccc4)ccc32)cc1)c1ccc(C2(c3ccc(OCC4CO4)cc3)CC(c3ccccc3)c3cc(Oc4ccccc4)ccc32)cc1. The Hall–Kier alpha value is -8.80. The van der Waals surface area contributed by atoms with Crippen LogP contribution < -0.4 is 18.9 Å². The van der Waals surface area contributed by atoms with Crippen LogP contribution in [0.4, 0.5) is 0 Å². The van der Waals surface area contributed by atoms with Gasteiger partial charge in [0.05, 0.1) is 37.6 Å². The zero-order chi connectivity index (χ0) is 61.3. The number of hydrogen-bond donors (Lipinski definition) is 1. The third kappa shape index (κ3) is 12.2. The molecule has 0 bridgehead atoms. The molecule has 9 nitrogen and oxygen atoms in total. The van der Waals surface area contributed by atoms with E-state index >= 15 is 0 Å². The first-order valence-corrected chi connectivity index (χ1v) is 31.6. The van der Waals surface area contributed by atoms with Crippen molar-refractivity contribution < 1.29 is 43.0 Å². The fraction of sp³-hybridized carbons (Fsp3) is 0.259. The van der Waals surface area contributed by atoms with Crippen molar-refractivity contribution in [1.29, 1.82) is 0 Å². The first kappa shape index (κ1) is 58.9. The summed E-state index contributed by atoms with van der Waals surface area (Å²) in [5.74, 6) is 4.83. The van der Waals surface area contributed by atoms with Gasteiger partial charge in [-0.15, -0.1) is 0 Å². The molecule has 14 rings (SSSR count). The molecule has 2 aliphatic carbocycles. The molecule has 90 heavy (non-hydrogen) atoms. The van der Waals surface area contributed by atoms with E-state index < -0.39 is 28.1 Å². The second-order valence-corrected chi connectivity index (χ2v) is 25.5. The van der Waals surface area contributed by atoms with Gasteiger partial charge < -0.3 is 43.0 Å². The second kappa shape index (κ2) is 24.9. The standard InChI is InChI=1S/C81H76O9/c1-78(2,57-25-29-59(30-26-57)81(62-35-39-65(40-36-62)84-51-70-52-85-70)48-75(56-19-11-6-12-20-56)73-46-69(42-44-77(73)81)90-67-23-15-8-16-24-67)87-50-63(82)49-83-64-37-33-61(34-38-64)80(60-31-27-58(28-32-60)79(3,4)88-54-71-53-86-71)47-74(55-17-9-5-10-18-55)72-45-68(41-43-76(72)80)89-66-21-13-7-14-22-66/h5-46,63,70-71,74-75,82H,47-54H2,1-4H3. The molecule has 2 fully saturated rings. The Bertz CT molecular complexity index is 4040. The van der Waals surface area contributed by atoms with Gasteiger partial charge in [0.25, 0.3) is 0 Å². The molecule has 4 aliphatic rings. The van der Waals surface area contributed by atoms with E-state index in [1.54, 1.807) is 0 Å². The monoisotopic (exact) mass is 1190 g/mol. The summed E-state index contributed by atoms with van der Waals surface area (Å²) in [6.07, 6.45) is 1.04. The van der Waals surface area contributed by atoms with Gasteiger partial charge in [0, 0.05) is 22.7 Å². The molecule has 2 aliphatic heterocycles. The minimum atomic E-state index is -0.897. The molecule has 9 heteroatoms. The Balaban J connectivity index is 0.708. The quantitative estimate of drug-likeness (QED) is 0.0593. The van der Waals surface area contributed by atoms with Crippen LogP contribution in [-0.4, -0.2) is 63.1 Å². The Morgan fingerprint density at radius 2 is 0.767 bits per heavy atom. The molecule has 0 radical (unpaired) electrons. The van der Waals surface area contributed by atoms with Gasteiger partial charge in [0.1, 0.15) is 66.0 Å². The number of rotatable bonds is 24. The van der Waals surface area contributed by atoms with Crippen molar-refractivity contribution in [3.05, 3.63) is 322 Å². The molecule has 0 spiro atoms. The summed E-state index contributed by atoms with van der Waals surface area (Å²) < 4.78 is 49.5. The van der Waals surface area contributed by atoms with Gasteiger partial charge in [0.2, 0.25) is 0 Å². The molecule has 0 amide bonds. The first-order valence-electron chi connectivity index (χ1n) is 31.6. The second-order valence-electron chi connectivity index (χ2n) is 25.5. The maximum absolute atomic E-state index is 11.6. The zero-order valence-corrected chi connectivity index (χ0v) is 51.5. The molecular formula is C81H76O9. The Kier molecular flexibility index (Phi) is 16.3. The predicted molar refractivity (Wildman–Crippen MR) is 352 cm³/mol. The van der Waals surface area contributed by atoms with E-state index in [2.05, 4.69) is 210 Å². The minimum Gasteiger partial charge on any atom is -0.491 e. The molecule has 7 unspecified atom stereocenters. The Morgan fingerprint density at radius 3 is 1.19 bits per heavy atom. The highest BCUT2D eigenvalue weighted by atomic mass is 16.6. The summed E-state index contributed by atoms with van der Waals surface area (Å²) in [6.45, 7) is 11.1. The number of aliphatic hydroxyl groups is 1. The third-order valence-electron chi connectivity index (χ3n) is 18.9. The number of fused-ring (bicyclic) bond motifs is 2. The van der Waals surface area contributed by atoms with Gasteiger partial charge in [-0.2, -0.15) is 0 Å². The van der Waals surface area contributed by atoms with Crippen LogP contribution in [0.3, 0.4) is 0 Å². The Morgan fingerprint density at radius 1 is 0.400 bits per heavy atom. The van der Waals surface area contributed by atoms with Crippen molar-refractivity contribution in [3.8, 4) is 34.5 Å². The summed E-state index contributed by atoms with van der Waals surface area (Å²) in [7, 11) is 0. The van der Waals surface area contributed by atoms with Gasteiger partial charge in [-0.25, -0.2) is 0 Å². The first-order chi connectivity index (χ1) is 43.9. The number of epoxide rings is 2. The van der Waals surface area contributed by atoms with Crippen LogP contribution in [-0.2, 0) is 41.0 Å². The highest BCUT2D eigenvalue weighted by Crippen LogP contribution is 2.59. The van der Waals surface area contributed by atoms with Crippen LogP contribution in [0, 0.1) is 0 Å². The summed E-state index contributed by atoms with van der Waals surface area (Å²) in [5.41, 5.74) is 11.9. The summed E-state index contributed by atoms with van der Waals surface area (Å²) in [4.78, 5) is 0. The smallest absolute Gasteiger partial charge is 0.127 e. The van der Waals surface area contributed by atoms with Crippen LogP contribution in [0.2, 0.25) is 0 Å². The summed E-state index contributed by atoms with van der Waals surface area (Å²) in [6, 6.07) is 89.7. The van der Waals surface area contributed by atoms with E-state index in [4.69, 9.17) is 37.9 Å². The number of ether oxygens (including phenoxy) is 8. The fourth-order valence-corrected chi connectivity index (χ4v) is 13.8. The fourth-order valence-electron chi connectivity index (χ4n) is 13.8. The van der Waals surface area contributed by atoms with Crippen LogP contribution >= 0.6 is 0 Å². The lowest BCUT2D eigenvalue weighted by molar-refractivity contribution is -0.0717. The van der Waals surface area contributed by atoms with Crippen LogP contribution in [0.15, 0.2) is 255 Å². The molecule has 0 saturated carbocycles. The number of para-hydroxylation sites is 2. The van der Waals surface area contributed by atoms with Crippen LogP contribution in [0.1, 0.15) is 119 Å². The van der Waals surface area contributed by atoms with Crippen molar-refractivity contribution in [1.82, 2.24) is 0 Å². The lowest BCUT2D eigenvalue weighted by Crippen LogP contribution is -2.31. The molecule has 454 valence electrons. The van der Waals surface area contributed by atoms with E-state index in [-0.39, 0.29) is 37.3 Å². The molecular weight excluding hydrogens is 1120 g/mol. The molecule has 2 saturated heterocycles. The van der Waals surface area contributed by atoms with Crippen LogP contribution in [0.25, 0.3) is 0 Å². The van der Waals surface area contributed by atoms with Gasteiger partial charge in [-0.3, -0.25) is 0 Å². The van der Waals surface area contributed by atoms with Crippen molar-refractivity contribution in [3.63, 3.8) is 0 Å². The summed E-state index contributed by atoms with van der Waals surface area (Å²) >= 11 is 0. The van der Waals surface area contributed by atoms with E-state index in [1.807, 2.05) is 72.8 Å². The number of benzene rings is 10. The van der Waals surface area contributed by atoms with E-state index in [1.165, 1.54) is 50.1 Å². The van der Waals surface area contributed by atoms with E-state index in [0.717, 1.165) is 71.5 Å². The van der Waals surface area contributed by atoms with Gasteiger partial charge in [0.15, 0.2) is 0 Å². The minimum absolute atomic E-state index is 0.0512. The molecule has 10 aromatic carbocycles. The molecule has 2 heterocycles. The summed E-state index contributed by atoms with van der Waals surface area (Å²) in [5, 5.41) is 11.6. The topological polar surface area (TPSA) is 101 Å². The molecule has 10 aromatic rings.